The Kier molecular flexibility index (Phi) is 10.1. The van der Waals surface area contributed by atoms with Crippen molar-refractivity contribution in [3.63, 3.8) is 0 Å². The molecule has 0 aliphatic heterocycles. The minimum absolute atomic E-state index is 0. The summed E-state index contributed by atoms with van der Waals surface area (Å²) in [5.74, 6) is 0. The normalized spacial score (nSPS) is 10.2. The lowest BCUT2D eigenvalue weighted by molar-refractivity contribution is 0.827. The van der Waals surface area contributed by atoms with E-state index in [4.69, 9.17) is 0 Å². The summed E-state index contributed by atoms with van der Waals surface area (Å²) in [6.45, 7) is 10.7. The van der Waals surface area contributed by atoms with Gasteiger partial charge in [-0.3, -0.25) is 0 Å². The number of benzene rings is 4. The molecule has 0 saturated heterocycles. The zero-order valence-electron chi connectivity index (χ0n) is 20.3. The van der Waals surface area contributed by atoms with Crippen LogP contribution in [-0.4, -0.2) is 9.13 Å². The first-order valence-corrected chi connectivity index (χ1v) is 12.2. The predicted molar refractivity (Wildman–Crippen MR) is 160 cm³/mol. The minimum atomic E-state index is 0. The molecular weight excluding hydrogens is 424 g/mol. The highest BCUT2D eigenvalue weighted by molar-refractivity contribution is 6.08. The van der Waals surface area contributed by atoms with Gasteiger partial charge in [0, 0.05) is 56.7 Å². The number of aryl methyl sites for hydroxylation is 2. The molecule has 2 nitrogen and oxygen atoms in total. The summed E-state index contributed by atoms with van der Waals surface area (Å²) in [6.07, 6.45) is 1.25. The highest BCUT2D eigenvalue weighted by atomic mass is 15.0. The molecule has 2 heterocycles. The Balaban J connectivity index is 0.000000211. The molecule has 0 aliphatic carbocycles. The van der Waals surface area contributed by atoms with Gasteiger partial charge in [-0.2, -0.15) is 0 Å². The fourth-order valence-electron chi connectivity index (χ4n) is 4.69. The molecule has 0 aliphatic rings. The lowest BCUT2D eigenvalue weighted by Gasteiger charge is -2.01. The van der Waals surface area contributed by atoms with E-state index in [1.54, 1.807) is 0 Å². The fourth-order valence-corrected chi connectivity index (χ4v) is 4.69. The molecule has 6 rings (SSSR count). The van der Waals surface area contributed by atoms with Crippen molar-refractivity contribution in [1.82, 2.24) is 9.13 Å². The predicted octanol–water partition coefficient (Wildman–Crippen LogP) is 10.3. The monoisotopic (exact) mass is 466 g/mol. The lowest BCUT2D eigenvalue weighted by Crippen LogP contribution is -1.91. The number of fused-ring (bicyclic) bond motifs is 6. The summed E-state index contributed by atoms with van der Waals surface area (Å²) >= 11 is 0. The van der Waals surface area contributed by atoms with Gasteiger partial charge in [0.05, 0.1) is 0 Å². The molecular formula is C33H42N2. The first-order valence-electron chi connectivity index (χ1n) is 12.2. The van der Waals surface area contributed by atoms with Crippen LogP contribution in [-0.2, 0) is 13.1 Å². The van der Waals surface area contributed by atoms with Gasteiger partial charge in [0.25, 0.3) is 0 Å². The third-order valence-electron chi connectivity index (χ3n) is 5.99. The molecule has 0 fully saturated rings. The van der Waals surface area contributed by atoms with Crippen molar-refractivity contribution in [3.05, 3.63) is 97.1 Å². The second kappa shape index (κ2) is 12.8. The first-order chi connectivity index (χ1) is 16.2. The zero-order chi connectivity index (χ0) is 23.2. The molecule has 0 spiro atoms. The van der Waals surface area contributed by atoms with Crippen molar-refractivity contribution in [1.29, 1.82) is 0 Å². The van der Waals surface area contributed by atoms with Crippen LogP contribution in [0.25, 0.3) is 43.6 Å². The standard InChI is InChI=1S/2C14H13N.C3H8.2CH4/c2*1-2-15-13-9-5-3-7-11(13)12-8-4-6-10-14(12)15;1-3-2;;/h2*3-10H,2H2,1H3;3H2,1-2H3;2*1H4. The van der Waals surface area contributed by atoms with E-state index in [2.05, 4.69) is 134 Å². The summed E-state index contributed by atoms with van der Waals surface area (Å²) in [7, 11) is 0. The number of nitrogens with zero attached hydrogens (tertiary/aromatic N) is 2. The van der Waals surface area contributed by atoms with Gasteiger partial charge < -0.3 is 9.13 Å². The second-order valence-corrected chi connectivity index (χ2v) is 8.26. The van der Waals surface area contributed by atoms with E-state index in [9.17, 15) is 0 Å². The van der Waals surface area contributed by atoms with Crippen molar-refractivity contribution >= 4 is 43.6 Å². The van der Waals surface area contributed by atoms with Crippen LogP contribution in [0.1, 0.15) is 49.0 Å². The molecule has 0 unspecified atom stereocenters. The summed E-state index contributed by atoms with van der Waals surface area (Å²) in [6, 6.07) is 34.4. The molecule has 2 heteroatoms. The molecule has 0 radical (unpaired) electrons. The Morgan fingerprint density at radius 2 is 0.600 bits per heavy atom. The maximum Gasteiger partial charge on any atom is 0.0491 e. The van der Waals surface area contributed by atoms with E-state index in [0.717, 1.165) is 13.1 Å². The topological polar surface area (TPSA) is 9.86 Å². The van der Waals surface area contributed by atoms with Crippen LogP contribution in [0.2, 0.25) is 0 Å². The molecule has 0 saturated carbocycles. The molecule has 35 heavy (non-hydrogen) atoms. The zero-order valence-corrected chi connectivity index (χ0v) is 20.3. The SMILES string of the molecule is C.C.CCC.CCn1c2ccccc2c2ccccc21.CCn1c2ccccc2c2ccccc21. The molecule has 184 valence electrons. The van der Waals surface area contributed by atoms with Crippen molar-refractivity contribution in [2.75, 3.05) is 0 Å². The van der Waals surface area contributed by atoms with Crippen LogP contribution in [0.4, 0.5) is 0 Å². The number of hydrogen-bond acceptors (Lipinski definition) is 0. The van der Waals surface area contributed by atoms with Crippen LogP contribution in [0.5, 0.6) is 0 Å². The van der Waals surface area contributed by atoms with Gasteiger partial charge in [-0.1, -0.05) is 108 Å². The van der Waals surface area contributed by atoms with Crippen molar-refractivity contribution in [3.8, 4) is 0 Å². The van der Waals surface area contributed by atoms with Gasteiger partial charge in [0.1, 0.15) is 0 Å². The van der Waals surface area contributed by atoms with Gasteiger partial charge in [-0.05, 0) is 38.1 Å². The third kappa shape index (κ3) is 5.27. The quantitative estimate of drug-likeness (QED) is 0.240. The summed E-state index contributed by atoms with van der Waals surface area (Å²) in [5, 5.41) is 5.43. The van der Waals surface area contributed by atoms with Crippen LogP contribution in [0.15, 0.2) is 97.1 Å². The highest BCUT2D eigenvalue weighted by Gasteiger charge is 2.08. The number of rotatable bonds is 2. The summed E-state index contributed by atoms with van der Waals surface area (Å²) < 4.78 is 4.73. The Bertz CT molecular complexity index is 1260. The third-order valence-corrected chi connectivity index (χ3v) is 5.99. The Labute approximate surface area is 211 Å². The summed E-state index contributed by atoms with van der Waals surface area (Å²) in [4.78, 5) is 0. The van der Waals surface area contributed by atoms with Gasteiger partial charge >= 0.3 is 0 Å². The minimum Gasteiger partial charge on any atom is -0.341 e. The van der Waals surface area contributed by atoms with Crippen LogP contribution < -0.4 is 0 Å². The Hall–Kier alpha value is -3.52. The summed E-state index contributed by atoms with van der Waals surface area (Å²) in [5.41, 5.74) is 5.34. The van der Waals surface area contributed by atoms with Gasteiger partial charge in [-0.15, -0.1) is 0 Å². The molecule has 0 amide bonds. The van der Waals surface area contributed by atoms with Crippen LogP contribution in [0, 0.1) is 0 Å². The maximum atomic E-state index is 2.37. The fraction of sp³-hybridized carbons (Fsp3) is 0.273. The van der Waals surface area contributed by atoms with Crippen LogP contribution >= 0.6 is 0 Å². The second-order valence-electron chi connectivity index (χ2n) is 8.26. The molecule has 0 bridgehead atoms. The molecule has 6 aromatic rings. The largest absolute Gasteiger partial charge is 0.341 e. The first kappa shape index (κ1) is 27.7. The number of para-hydroxylation sites is 4. The molecule has 0 atom stereocenters. The molecule has 0 N–H and O–H groups in total. The van der Waals surface area contributed by atoms with Gasteiger partial charge in [0.2, 0.25) is 0 Å². The average Bonchev–Trinajstić information content (AvgIpc) is 3.37. The van der Waals surface area contributed by atoms with E-state index in [1.165, 1.54) is 50.0 Å². The molecule has 2 aromatic heterocycles. The van der Waals surface area contributed by atoms with Gasteiger partial charge in [-0.25, -0.2) is 0 Å². The van der Waals surface area contributed by atoms with E-state index in [0.29, 0.717) is 0 Å². The van der Waals surface area contributed by atoms with Crippen molar-refractivity contribution in [2.24, 2.45) is 0 Å². The Morgan fingerprint density at radius 1 is 0.400 bits per heavy atom. The lowest BCUT2D eigenvalue weighted by atomic mass is 10.2. The smallest absolute Gasteiger partial charge is 0.0491 e. The maximum absolute atomic E-state index is 2.37. The van der Waals surface area contributed by atoms with E-state index < -0.39 is 0 Å². The number of aromatic nitrogens is 2. The Morgan fingerprint density at radius 3 is 0.800 bits per heavy atom. The number of hydrogen-bond donors (Lipinski definition) is 0. The van der Waals surface area contributed by atoms with Crippen molar-refractivity contribution < 1.29 is 0 Å². The average molecular weight is 467 g/mol. The highest BCUT2D eigenvalue weighted by Crippen LogP contribution is 2.29. The molecule has 4 aromatic carbocycles. The van der Waals surface area contributed by atoms with E-state index in [1.807, 2.05) is 0 Å². The van der Waals surface area contributed by atoms with Crippen molar-refractivity contribution in [2.45, 2.75) is 62.1 Å². The van der Waals surface area contributed by atoms with E-state index in [-0.39, 0.29) is 14.9 Å². The van der Waals surface area contributed by atoms with Crippen LogP contribution in [0.3, 0.4) is 0 Å². The van der Waals surface area contributed by atoms with E-state index >= 15 is 0 Å². The van der Waals surface area contributed by atoms with Gasteiger partial charge in [0.15, 0.2) is 0 Å².